The van der Waals surface area contributed by atoms with Gasteiger partial charge in [0.1, 0.15) is 11.6 Å². The van der Waals surface area contributed by atoms with E-state index in [1.165, 1.54) is 18.3 Å². The highest BCUT2D eigenvalue weighted by molar-refractivity contribution is 5.28. The minimum absolute atomic E-state index is 0.358. The van der Waals surface area contributed by atoms with Gasteiger partial charge in [0, 0.05) is 18.3 Å². The van der Waals surface area contributed by atoms with Crippen molar-refractivity contribution < 1.29 is 14.2 Å². The number of nitrogens with zero attached hydrogens (tertiary/aromatic N) is 1. The van der Waals surface area contributed by atoms with Crippen molar-refractivity contribution in [1.82, 2.24) is 4.98 Å². The number of benzene rings is 1. The number of hydrogen-bond donors (Lipinski definition) is 1. The highest BCUT2D eigenvalue weighted by Crippen LogP contribution is 2.21. The number of aliphatic hydroxyl groups is 1. The van der Waals surface area contributed by atoms with Gasteiger partial charge in [0.15, 0.2) is 0 Å². The van der Waals surface area contributed by atoms with Crippen LogP contribution in [0.2, 0.25) is 0 Å². The predicted molar refractivity (Wildman–Crippen MR) is 61.3 cm³/mol. The molecule has 1 atom stereocenters. The molecule has 0 bridgehead atoms. The standard InChI is InChI=1S/C13H12FNO2/c1-9(16)10-5-6-13(15-8-10)17-12-4-2-3-11(14)7-12/h2-9,16H,1H3. The van der Waals surface area contributed by atoms with Gasteiger partial charge in [-0.05, 0) is 30.7 Å². The lowest BCUT2D eigenvalue weighted by Gasteiger charge is -2.07. The number of halogens is 1. The van der Waals surface area contributed by atoms with Crippen LogP contribution in [-0.2, 0) is 0 Å². The van der Waals surface area contributed by atoms with Gasteiger partial charge < -0.3 is 9.84 Å². The second-order valence-electron chi connectivity index (χ2n) is 3.67. The Kier molecular flexibility index (Phi) is 3.35. The number of hydrogen-bond acceptors (Lipinski definition) is 3. The summed E-state index contributed by atoms with van der Waals surface area (Å²) in [6.07, 6.45) is 0.963. The molecule has 4 heteroatoms. The van der Waals surface area contributed by atoms with Crippen LogP contribution in [0.25, 0.3) is 0 Å². The maximum absolute atomic E-state index is 12.9. The molecule has 0 amide bonds. The fourth-order valence-corrected chi connectivity index (χ4v) is 1.35. The summed E-state index contributed by atoms with van der Waals surface area (Å²) in [7, 11) is 0. The van der Waals surface area contributed by atoms with Crippen LogP contribution in [-0.4, -0.2) is 10.1 Å². The fraction of sp³-hybridized carbons (Fsp3) is 0.154. The molecule has 88 valence electrons. The summed E-state index contributed by atoms with van der Waals surface area (Å²) in [5.41, 5.74) is 0.705. The molecule has 0 aliphatic heterocycles. The molecule has 0 radical (unpaired) electrons. The molecular weight excluding hydrogens is 221 g/mol. The van der Waals surface area contributed by atoms with E-state index < -0.39 is 6.10 Å². The first-order valence-corrected chi connectivity index (χ1v) is 5.22. The minimum atomic E-state index is -0.564. The van der Waals surface area contributed by atoms with Crippen molar-refractivity contribution >= 4 is 0 Å². The lowest BCUT2D eigenvalue weighted by atomic mass is 10.2. The lowest BCUT2D eigenvalue weighted by Crippen LogP contribution is -1.93. The van der Waals surface area contributed by atoms with E-state index in [1.807, 2.05) is 0 Å². The van der Waals surface area contributed by atoms with Crippen LogP contribution in [0.3, 0.4) is 0 Å². The van der Waals surface area contributed by atoms with Crippen LogP contribution in [0.15, 0.2) is 42.6 Å². The number of ether oxygens (including phenoxy) is 1. The zero-order valence-corrected chi connectivity index (χ0v) is 9.30. The summed E-state index contributed by atoms with van der Waals surface area (Å²) in [6.45, 7) is 1.66. The number of rotatable bonds is 3. The lowest BCUT2D eigenvalue weighted by molar-refractivity contribution is 0.198. The molecule has 1 N–H and O–H groups in total. The van der Waals surface area contributed by atoms with Crippen LogP contribution in [0, 0.1) is 5.82 Å². The molecule has 3 nitrogen and oxygen atoms in total. The zero-order chi connectivity index (χ0) is 12.3. The highest BCUT2D eigenvalue weighted by Gasteiger charge is 2.03. The first-order chi connectivity index (χ1) is 8.15. The molecule has 1 aromatic carbocycles. The molecule has 0 saturated heterocycles. The molecule has 0 spiro atoms. The molecular formula is C13H12FNO2. The minimum Gasteiger partial charge on any atom is -0.439 e. The Morgan fingerprint density at radius 3 is 2.71 bits per heavy atom. The van der Waals surface area contributed by atoms with Gasteiger partial charge in [0.05, 0.1) is 6.10 Å². The second-order valence-corrected chi connectivity index (χ2v) is 3.67. The molecule has 0 aliphatic rings. The highest BCUT2D eigenvalue weighted by atomic mass is 19.1. The molecule has 0 saturated carbocycles. The van der Waals surface area contributed by atoms with Crippen molar-refractivity contribution in [2.75, 3.05) is 0 Å². The van der Waals surface area contributed by atoms with Crippen molar-refractivity contribution in [2.45, 2.75) is 13.0 Å². The van der Waals surface area contributed by atoms with Crippen LogP contribution in [0.4, 0.5) is 4.39 Å². The van der Waals surface area contributed by atoms with Crippen LogP contribution >= 0.6 is 0 Å². The van der Waals surface area contributed by atoms with E-state index in [0.717, 1.165) is 0 Å². The van der Waals surface area contributed by atoms with Crippen molar-refractivity contribution in [2.24, 2.45) is 0 Å². The van der Waals surface area contributed by atoms with Gasteiger partial charge in [0.2, 0.25) is 5.88 Å². The van der Waals surface area contributed by atoms with Gasteiger partial charge in [-0.25, -0.2) is 9.37 Å². The largest absolute Gasteiger partial charge is 0.439 e. The third kappa shape index (κ3) is 3.01. The van der Waals surface area contributed by atoms with Crippen LogP contribution in [0.1, 0.15) is 18.6 Å². The topological polar surface area (TPSA) is 42.4 Å². The van der Waals surface area contributed by atoms with E-state index in [0.29, 0.717) is 17.2 Å². The summed E-state index contributed by atoms with van der Waals surface area (Å²) in [5, 5.41) is 9.31. The van der Waals surface area contributed by atoms with Gasteiger partial charge in [-0.15, -0.1) is 0 Å². The maximum atomic E-state index is 12.9. The Balaban J connectivity index is 2.14. The third-order valence-electron chi connectivity index (χ3n) is 2.26. The van der Waals surface area contributed by atoms with E-state index in [9.17, 15) is 9.50 Å². The normalized spacial score (nSPS) is 12.2. The molecule has 2 rings (SSSR count). The molecule has 1 unspecified atom stereocenters. The van der Waals surface area contributed by atoms with E-state index >= 15 is 0 Å². The van der Waals surface area contributed by atoms with E-state index in [-0.39, 0.29) is 5.82 Å². The van der Waals surface area contributed by atoms with Gasteiger partial charge in [-0.2, -0.15) is 0 Å². The molecule has 0 fully saturated rings. The van der Waals surface area contributed by atoms with Gasteiger partial charge >= 0.3 is 0 Å². The Morgan fingerprint density at radius 2 is 2.12 bits per heavy atom. The average Bonchev–Trinajstić information content (AvgIpc) is 2.29. The Hall–Kier alpha value is -1.94. The molecule has 1 aromatic heterocycles. The van der Waals surface area contributed by atoms with E-state index in [2.05, 4.69) is 4.98 Å². The monoisotopic (exact) mass is 233 g/mol. The summed E-state index contributed by atoms with van der Waals surface area (Å²) in [6, 6.07) is 9.18. The van der Waals surface area contributed by atoms with Crippen molar-refractivity contribution in [3.63, 3.8) is 0 Å². The fourth-order valence-electron chi connectivity index (χ4n) is 1.35. The first-order valence-electron chi connectivity index (χ1n) is 5.22. The molecule has 1 heterocycles. The number of aromatic nitrogens is 1. The average molecular weight is 233 g/mol. The Bertz CT molecular complexity index is 497. The summed E-state index contributed by atoms with van der Waals surface area (Å²) in [5.74, 6) is 0.394. The van der Waals surface area contributed by atoms with Crippen LogP contribution < -0.4 is 4.74 Å². The van der Waals surface area contributed by atoms with E-state index in [1.54, 1.807) is 31.2 Å². The zero-order valence-electron chi connectivity index (χ0n) is 9.30. The number of pyridine rings is 1. The Morgan fingerprint density at radius 1 is 1.29 bits per heavy atom. The van der Waals surface area contributed by atoms with Crippen LogP contribution in [0.5, 0.6) is 11.6 Å². The maximum Gasteiger partial charge on any atom is 0.219 e. The quantitative estimate of drug-likeness (QED) is 0.885. The Labute approximate surface area is 98.5 Å². The third-order valence-corrected chi connectivity index (χ3v) is 2.26. The van der Waals surface area contributed by atoms with Gasteiger partial charge in [-0.1, -0.05) is 6.07 Å². The summed E-state index contributed by atoms with van der Waals surface area (Å²) >= 11 is 0. The summed E-state index contributed by atoms with van der Waals surface area (Å²) in [4.78, 5) is 4.02. The second kappa shape index (κ2) is 4.93. The first kappa shape index (κ1) is 11.5. The van der Waals surface area contributed by atoms with Gasteiger partial charge in [-0.3, -0.25) is 0 Å². The van der Waals surface area contributed by atoms with Crippen molar-refractivity contribution in [1.29, 1.82) is 0 Å². The van der Waals surface area contributed by atoms with Crippen molar-refractivity contribution in [3.05, 3.63) is 54.0 Å². The number of aliphatic hydroxyl groups excluding tert-OH is 1. The molecule has 17 heavy (non-hydrogen) atoms. The van der Waals surface area contributed by atoms with Gasteiger partial charge in [0.25, 0.3) is 0 Å². The van der Waals surface area contributed by atoms with Crippen molar-refractivity contribution in [3.8, 4) is 11.6 Å². The summed E-state index contributed by atoms with van der Waals surface area (Å²) < 4.78 is 18.3. The predicted octanol–water partition coefficient (Wildman–Crippen LogP) is 3.07. The van der Waals surface area contributed by atoms with E-state index in [4.69, 9.17) is 4.74 Å². The SMILES string of the molecule is CC(O)c1ccc(Oc2cccc(F)c2)nc1. The molecule has 2 aromatic rings. The molecule has 0 aliphatic carbocycles. The smallest absolute Gasteiger partial charge is 0.219 e.